The van der Waals surface area contributed by atoms with Gasteiger partial charge in [-0.25, -0.2) is 0 Å². The number of hydrogen-bond donors (Lipinski definition) is 1. The Kier molecular flexibility index (Phi) is 5.86. The second-order valence-corrected chi connectivity index (χ2v) is 13.1. The van der Waals surface area contributed by atoms with E-state index in [2.05, 4.69) is 34.1 Å². The molecular weight excluding hydrogens is 589 g/mol. The molecule has 3 atom stereocenters. The van der Waals surface area contributed by atoms with Gasteiger partial charge in [-0.3, -0.25) is 0 Å². The molecule has 1 N–H and O–H groups in total. The Morgan fingerprint density at radius 3 is 2.73 bits per heavy atom. The zero-order chi connectivity index (χ0) is 25.9. The zero-order valence-electron chi connectivity index (χ0n) is 20.7. The fourth-order valence-electron chi connectivity index (χ4n) is 5.78. The molecule has 0 amide bonds. The monoisotopic (exact) mass is 615 g/mol. The molecule has 0 saturated carbocycles. The van der Waals surface area contributed by atoms with Gasteiger partial charge in [0.15, 0.2) is 0 Å². The molecule has 0 unspecified atom stereocenters. The maximum atomic E-state index is 14.6. The van der Waals surface area contributed by atoms with E-state index in [1.165, 1.54) is 18.2 Å². The SMILES string of the molecule is C[C@H](O)Cn1cc(-c2nccc([C@@]34C[I-]C[C@@H](c5cc(-c6c(F)cccc6F)nnc53)C4(C)C)n2)cn1. The molecule has 6 rings (SSSR count). The van der Waals surface area contributed by atoms with Crippen molar-refractivity contribution in [2.75, 3.05) is 8.86 Å². The summed E-state index contributed by atoms with van der Waals surface area (Å²) in [5, 5.41) is 23.1. The summed E-state index contributed by atoms with van der Waals surface area (Å²) < 4.78 is 32.9. The summed E-state index contributed by atoms with van der Waals surface area (Å²) in [4.78, 5) is 9.55. The summed E-state index contributed by atoms with van der Waals surface area (Å²) in [5.41, 5.74) is 2.91. The third-order valence-electron chi connectivity index (χ3n) is 7.79. The second kappa shape index (κ2) is 8.87. The van der Waals surface area contributed by atoms with Crippen LogP contribution in [0.4, 0.5) is 8.78 Å². The standard InChI is InChI=1S/C27H26F2IN6O/c1-15(37)12-36-13-16(11-32-36)25-31-8-7-22(33-25)27-14-30-10-18(26(27,2)3)17-9-21(34-35-24(17)27)23-19(28)5-4-6-20(23)29/h4-9,11,13,15,18,37H,10,12,14H2,1-3H3/q-1/t15-,18-,27-/m0/s1. The van der Waals surface area contributed by atoms with Crippen molar-refractivity contribution in [3.8, 4) is 22.6 Å². The third kappa shape index (κ3) is 3.70. The van der Waals surface area contributed by atoms with Crippen LogP contribution in [0.1, 0.15) is 43.6 Å². The van der Waals surface area contributed by atoms with Gasteiger partial charge in [0, 0.05) is 0 Å². The van der Waals surface area contributed by atoms with Crippen molar-refractivity contribution in [2.24, 2.45) is 5.41 Å². The first-order valence-corrected chi connectivity index (χ1v) is 15.2. The minimum atomic E-state index is -0.645. The number of alkyl halides is 2. The number of aliphatic hydroxyl groups is 1. The molecule has 1 aliphatic carbocycles. The molecule has 4 aromatic rings. The Balaban J connectivity index is 1.48. The average molecular weight is 615 g/mol. The van der Waals surface area contributed by atoms with E-state index in [-0.39, 0.29) is 43.8 Å². The van der Waals surface area contributed by atoms with Crippen LogP contribution in [-0.4, -0.2) is 50.0 Å². The number of benzene rings is 1. The molecule has 0 spiro atoms. The van der Waals surface area contributed by atoms with Crippen LogP contribution in [0.2, 0.25) is 0 Å². The molecule has 2 bridgehead atoms. The first-order valence-electron chi connectivity index (χ1n) is 12.1. The molecule has 1 aliphatic heterocycles. The van der Waals surface area contributed by atoms with E-state index in [0.717, 1.165) is 31.4 Å². The van der Waals surface area contributed by atoms with Crippen molar-refractivity contribution in [1.82, 2.24) is 29.9 Å². The molecule has 10 heteroatoms. The van der Waals surface area contributed by atoms with Crippen LogP contribution >= 0.6 is 0 Å². The van der Waals surface area contributed by atoms with Gasteiger partial charge in [-0.15, -0.1) is 0 Å². The predicted molar refractivity (Wildman–Crippen MR) is 129 cm³/mol. The van der Waals surface area contributed by atoms with Gasteiger partial charge in [-0.05, 0) is 0 Å². The quantitative estimate of drug-likeness (QED) is 0.266. The van der Waals surface area contributed by atoms with Crippen molar-refractivity contribution in [1.29, 1.82) is 0 Å². The van der Waals surface area contributed by atoms with Gasteiger partial charge < -0.3 is 0 Å². The maximum absolute atomic E-state index is 14.6. The summed E-state index contributed by atoms with van der Waals surface area (Å²) >= 11 is -0.156. The fourth-order valence-corrected chi connectivity index (χ4v) is 10.8. The Labute approximate surface area is 223 Å². The summed E-state index contributed by atoms with van der Waals surface area (Å²) in [6.07, 6.45) is 4.80. The molecule has 3 aromatic heterocycles. The van der Waals surface area contributed by atoms with Crippen LogP contribution in [0.15, 0.2) is 48.9 Å². The number of rotatable bonds is 5. The Hall–Kier alpha value is -2.86. The predicted octanol–water partition coefficient (Wildman–Crippen LogP) is 0.968. The number of aromatic nitrogens is 6. The van der Waals surface area contributed by atoms with E-state index in [1.807, 2.05) is 18.3 Å². The molecule has 2 aliphatic rings. The Morgan fingerprint density at radius 2 is 1.97 bits per heavy atom. The molecule has 1 fully saturated rings. The van der Waals surface area contributed by atoms with Gasteiger partial charge in [0.25, 0.3) is 0 Å². The number of halogens is 3. The Bertz CT molecular complexity index is 1490. The Morgan fingerprint density at radius 1 is 1.19 bits per heavy atom. The van der Waals surface area contributed by atoms with Crippen LogP contribution in [-0.2, 0) is 12.0 Å². The van der Waals surface area contributed by atoms with E-state index in [4.69, 9.17) is 4.98 Å². The van der Waals surface area contributed by atoms with Crippen molar-refractivity contribution in [3.05, 3.63) is 77.5 Å². The number of hydrogen-bond acceptors (Lipinski definition) is 6. The first kappa shape index (κ1) is 24.5. The molecule has 4 heterocycles. The van der Waals surface area contributed by atoms with Gasteiger partial charge in [0.05, 0.1) is 0 Å². The van der Waals surface area contributed by atoms with Crippen LogP contribution < -0.4 is 21.2 Å². The summed E-state index contributed by atoms with van der Waals surface area (Å²) in [5.74, 6) is -0.534. The molecule has 7 nitrogen and oxygen atoms in total. The molecule has 37 heavy (non-hydrogen) atoms. The third-order valence-corrected chi connectivity index (χ3v) is 11.0. The van der Waals surface area contributed by atoms with Crippen molar-refractivity contribution < 1.29 is 35.1 Å². The van der Waals surface area contributed by atoms with E-state index in [1.54, 1.807) is 24.0 Å². The van der Waals surface area contributed by atoms with Gasteiger partial charge in [-0.2, -0.15) is 0 Å². The van der Waals surface area contributed by atoms with Crippen LogP contribution in [0.3, 0.4) is 0 Å². The molecular formula is C27H26F2IN6O-. The summed E-state index contributed by atoms with van der Waals surface area (Å²) in [7, 11) is 0. The van der Waals surface area contributed by atoms with Crippen molar-refractivity contribution in [3.63, 3.8) is 0 Å². The fraction of sp³-hybridized carbons (Fsp3) is 0.370. The number of aliphatic hydroxyl groups excluding tert-OH is 1. The summed E-state index contributed by atoms with van der Waals surface area (Å²) in [6, 6.07) is 7.64. The average Bonchev–Trinajstić information content (AvgIpc) is 3.31. The molecule has 1 aromatic carbocycles. The minimum absolute atomic E-state index is 0.140. The van der Waals surface area contributed by atoms with E-state index in [9.17, 15) is 13.9 Å². The molecule has 192 valence electrons. The van der Waals surface area contributed by atoms with Crippen molar-refractivity contribution in [2.45, 2.75) is 44.8 Å². The van der Waals surface area contributed by atoms with Crippen LogP contribution in [0.25, 0.3) is 22.6 Å². The van der Waals surface area contributed by atoms with Crippen LogP contribution in [0.5, 0.6) is 0 Å². The van der Waals surface area contributed by atoms with Gasteiger partial charge in [0.1, 0.15) is 0 Å². The molecule has 1 saturated heterocycles. The number of nitrogens with zero attached hydrogens (tertiary/aromatic N) is 6. The zero-order valence-corrected chi connectivity index (χ0v) is 22.8. The van der Waals surface area contributed by atoms with Gasteiger partial charge >= 0.3 is 224 Å². The van der Waals surface area contributed by atoms with E-state index < -0.39 is 23.2 Å². The van der Waals surface area contributed by atoms with Crippen molar-refractivity contribution >= 4 is 0 Å². The number of fused-ring (bicyclic) bond motifs is 5. The van der Waals surface area contributed by atoms with Crippen LogP contribution in [0, 0.1) is 17.0 Å². The van der Waals surface area contributed by atoms with E-state index in [0.29, 0.717) is 12.4 Å². The normalized spacial score (nSPS) is 22.8. The first-order chi connectivity index (χ1) is 17.7. The topological polar surface area (TPSA) is 89.6 Å². The van der Waals surface area contributed by atoms with Gasteiger partial charge in [-0.1, -0.05) is 0 Å². The summed E-state index contributed by atoms with van der Waals surface area (Å²) in [6.45, 7) is 6.59. The second-order valence-electron chi connectivity index (χ2n) is 10.4. The molecule has 0 radical (unpaired) electrons. The van der Waals surface area contributed by atoms with Gasteiger partial charge in [0.2, 0.25) is 0 Å². The van der Waals surface area contributed by atoms with E-state index >= 15 is 0 Å².